The van der Waals surface area contributed by atoms with Crippen LogP contribution in [0.25, 0.3) is 0 Å². The lowest BCUT2D eigenvalue weighted by Gasteiger charge is -2.23. The monoisotopic (exact) mass is 455 g/mol. The van der Waals surface area contributed by atoms with Crippen molar-refractivity contribution < 1.29 is 14.3 Å². The standard InChI is InChI=1S/C23H26ClN5O3/c1-31-19-11-10-16(13-20(19)32-2)15-29(23(30)25-18-8-6-7-17(24)14-18)22-27-26-21-9-4-3-5-12-28(21)22/h6-8,10-11,13-14H,3-5,9,12,15H2,1-2H3,(H,25,30). The lowest BCUT2D eigenvalue weighted by molar-refractivity contribution is 0.256. The normalized spacial score (nSPS) is 13.1. The highest BCUT2D eigenvalue weighted by Crippen LogP contribution is 2.29. The molecule has 1 aliphatic heterocycles. The van der Waals surface area contributed by atoms with E-state index in [-0.39, 0.29) is 12.6 Å². The molecule has 0 unspecified atom stereocenters. The summed E-state index contributed by atoms with van der Waals surface area (Å²) in [5.41, 5.74) is 1.48. The van der Waals surface area contributed by atoms with Crippen LogP contribution in [0.3, 0.4) is 0 Å². The van der Waals surface area contributed by atoms with Gasteiger partial charge in [0.1, 0.15) is 5.82 Å². The van der Waals surface area contributed by atoms with E-state index in [1.807, 2.05) is 22.8 Å². The molecule has 32 heavy (non-hydrogen) atoms. The maximum atomic E-state index is 13.4. The van der Waals surface area contributed by atoms with E-state index >= 15 is 0 Å². The average molecular weight is 456 g/mol. The number of rotatable bonds is 6. The van der Waals surface area contributed by atoms with Crippen LogP contribution in [0.1, 0.15) is 30.7 Å². The molecule has 0 atom stereocenters. The number of ether oxygens (including phenoxy) is 2. The number of carbonyl (C=O) groups excluding carboxylic acids is 1. The van der Waals surface area contributed by atoms with Crippen molar-refractivity contribution in [2.75, 3.05) is 24.4 Å². The molecule has 2 amide bonds. The minimum absolute atomic E-state index is 0.283. The van der Waals surface area contributed by atoms with Crippen molar-refractivity contribution in [2.24, 2.45) is 0 Å². The van der Waals surface area contributed by atoms with Gasteiger partial charge < -0.3 is 14.8 Å². The van der Waals surface area contributed by atoms with Crippen LogP contribution in [0.15, 0.2) is 42.5 Å². The van der Waals surface area contributed by atoms with Crippen molar-refractivity contribution in [3.8, 4) is 11.5 Å². The number of carbonyl (C=O) groups is 1. The molecule has 1 N–H and O–H groups in total. The van der Waals surface area contributed by atoms with E-state index in [1.165, 1.54) is 0 Å². The highest BCUT2D eigenvalue weighted by molar-refractivity contribution is 6.30. The molecule has 0 aliphatic carbocycles. The van der Waals surface area contributed by atoms with Crippen molar-refractivity contribution in [1.82, 2.24) is 14.8 Å². The molecule has 8 nitrogen and oxygen atoms in total. The summed E-state index contributed by atoms with van der Waals surface area (Å²) in [5, 5.41) is 12.2. The van der Waals surface area contributed by atoms with E-state index in [0.717, 1.165) is 43.6 Å². The van der Waals surface area contributed by atoms with E-state index < -0.39 is 0 Å². The topological polar surface area (TPSA) is 81.5 Å². The Bertz CT molecular complexity index is 1100. The lowest BCUT2D eigenvalue weighted by Crippen LogP contribution is -2.36. The van der Waals surface area contributed by atoms with Gasteiger partial charge in [-0.15, -0.1) is 10.2 Å². The van der Waals surface area contributed by atoms with Gasteiger partial charge in [-0.3, -0.25) is 9.47 Å². The third-order valence-electron chi connectivity index (χ3n) is 5.44. The summed E-state index contributed by atoms with van der Waals surface area (Å²) in [6.45, 7) is 1.06. The molecule has 9 heteroatoms. The van der Waals surface area contributed by atoms with Crippen molar-refractivity contribution in [3.05, 3.63) is 58.9 Å². The molecule has 2 aromatic carbocycles. The minimum Gasteiger partial charge on any atom is -0.493 e. The molecule has 1 aliphatic rings. The maximum Gasteiger partial charge on any atom is 0.329 e. The lowest BCUT2D eigenvalue weighted by atomic mass is 10.2. The Morgan fingerprint density at radius 2 is 1.94 bits per heavy atom. The Hall–Kier alpha value is -3.26. The second-order valence-corrected chi connectivity index (χ2v) is 8.03. The Labute approximate surface area is 192 Å². The fourth-order valence-electron chi connectivity index (χ4n) is 3.82. The molecule has 0 saturated carbocycles. The Balaban J connectivity index is 1.68. The first-order valence-corrected chi connectivity index (χ1v) is 10.9. The quantitative estimate of drug-likeness (QED) is 0.570. The zero-order valence-corrected chi connectivity index (χ0v) is 18.9. The van der Waals surface area contributed by atoms with Crippen LogP contribution in [0.4, 0.5) is 16.4 Å². The van der Waals surface area contributed by atoms with Gasteiger partial charge in [-0.05, 0) is 48.7 Å². The van der Waals surface area contributed by atoms with Gasteiger partial charge in [-0.25, -0.2) is 4.79 Å². The molecule has 1 aromatic heterocycles. The summed E-state index contributed by atoms with van der Waals surface area (Å²) in [7, 11) is 3.18. The van der Waals surface area contributed by atoms with Crippen molar-refractivity contribution in [2.45, 2.75) is 38.8 Å². The van der Waals surface area contributed by atoms with Crippen LogP contribution in [-0.2, 0) is 19.5 Å². The summed E-state index contributed by atoms with van der Waals surface area (Å²) in [4.78, 5) is 15.0. The van der Waals surface area contributed by atoms with Crippen molar-refractivity contribution in [1.29, 1.82) is 0 Å². The Morgan fingerprint density at radius 1 is 1.09 bits per heavy atom. The zero-order valence-electron chi connectivity index (χ0n) is 18.2. The molecular weight excluding hydrogens is 430 g/mol. The number of halogens is 1. The van der Waals surface area contributed by atoms with Gasteiger partial charge in [0.25, 0.3) is 0 Å². The summed E-state index contributed by atoms with van der Waals surface area (Å²) in [6, 6.07) is 12.3. The molecule has 0 saturated heterocycles. The Morgan fingerprint density at radius 3 is 2.72 bits per heavy atom. The summed E-state index contributed by atoms with van der Waals surface area (Å²) in [5.74, 6) is 2.66. The SMILES string of the molecule is COc1ccc(CN(C(=O)Nc2cccc(Cl)c2)c2nnc3n2CCCCC3)cc1OC. The summed E-state index contributed by atoms with van der Waals surface area (Å²) < 4.78 is 12.8. The van der Waals surface area contributed by atoms with Crippen molar-refractivity contribution >= 4 is 29.3 Å². The number of fused-ring (bicyclic) bond motifs is 1. The molecule has 168 valence electrons. The van der Waals surface area contributed by atoms with Gasteiger partial charge in [0.05, 0.1) is 20.8 Å². The third-order valence-corrected chi connectivity index (χ3v) is 5.68. The molecule has 0 fully saturated rings. The van der Waals surface area contributed by atoms with E-state index in [1.54, 1.807) is 43.4 Å². The first-order chi connectivity index (χ1) is 15.6. The van der Waals surface area contributed by atoms with E-state index in [0.29, 0.717) is 28.2 Å². The number of nitrogens with zero attached hydrogens (tertiary/aromatic N) is 4. The Kier molecular flexibility index (Phi) is 6.80. The van der Waals surface area contributed by atoms with Gasteiger partial charge in [0.2, 0.25) is 5.95 Å². The van der Waals surface area contributed by atoms with Crippen LogP contribution in [0, 0.1) is 0 Å². The minimum atomic E-state index is -0.318. The van der Waals surface area contributed by atoms with Crippen molar-refractivity contribution in [3.63, 3.8) is 0 Å². The highest BCUT2D eigenvalue weighted by Gasteiger charge is 2.25. The van der Waals surface area contributed by atoms with Gasteiger partial charge in [0.15, 0.2) is 11.5 Å². The molecule has 3 aromatic rings. The molecule has 4 rings (SSSR count). The van der Waals surface area contributed by atoms with Gasteiger partial charge in [-0.2, -0.15) is 0 Å². The first-order valence-electron chi connectivity index (χ1n) is 10.6. The number of nitrogens with one attached hydrogen (secondary N) is 1. The second-order valence-electron chi connectivity index (χ2n) is 7.59. The molecule has 0 radical (unpaired) electrons. The smallest absolute Gasteiger partial charge is 0.329 e. The van der Waals surface area contributed by atoms with Gasteiger partial charge in [0, 0.05) is 23.7 Å². The molecular formula is C23H26ClN5O3. The summed E-state index contributed by atoms with van der Waals surface area (Å²) >= 11 is 6.10. The van der Waals surface area contributed by atoms with Gasteiger partial charge in [-0.1, -0.05) is 30.2 Å². The van der Waals surface area contributed by atoms with E-state index in [4.69, 9.17) is 21.1 Å². The van der Waals surface area contributed by atoms with Crippen LogP contribution < -0.4 is 19.7 Å². The molecule has 2 heterocycles. The predicted molar refractivity (Wildman–Crippen MR) is 124 cm³/mol. The van der Waals surface area contributed by atoms with Crippen LogP contribution >= 0.6 is 11.6 Å². The number of urea groups is 1. The van der Waals surface area contributed by atoms with Crippen LogP contribution in [0.5, 0.6) is 11.5 Å². The summed E-state index contributed by atoms with van der Waals surface area (Å²) in [6.07, 6.45) is 4.08. The fourth-order valence-corrected chi connectivity index (χ4v) is 4.01. The number of anilines is 2. The number of hydrogen-bond donors (Lipinski definition) is 1. The first kappa shape index (κ1) is 22.0. The number of aryl methyl sites for hydroxylation is 1. The van der Waals surface area contributed by atoms with Crippen LogP contribution in [0.2, 0.25) is 5.02 Å². The highest BCUT2D eigenvalue weighted by atomic mass is 35.5. The van der Waals surface area contributed by atoms with Crippen LogP contribution in [-0.4, -0.2) is 35.0 Å². The molecule has 0 spiro atoms. The number of hydrogen-bond acceptors (Lipinski definition) is 5. The second kappa shape index (κ2) is 9.91. The van der Waals surface area contributed by atoms with E-state index in [9.17, 15) is 4.79 Å². The number of aromatic nitrogens is 3. The van der Waals surface area contributed by atoms with E-state index in [2.05, 4.69) is 15.5 Å². The molecule has 0 bridgehead atoms. The zero-order chi connectivity index (χ0) is 22.5. The average Bonchev–Trinajstić information content (AvgIpc) is 3.04. The predicted octanol–water partition coefficient (Wildman–Crippen LogP) is 4.91. The number of methoxy groups -OCH3 is 2. The largest absolute Gasteiger partial charge is 0.493 e. The van der Waals surface area contributed by atoms with Gasteiger partial charge >= 0.3 is 6.03 Å². The fraction of sp³-hybridized carbons (Fsp3) is 0.348. The number of benzene rings is 2. The third kappa shape index (κ3) is 4.80. The number of amides is 2. The maximum absolute atomic E-state index is 13.4.